The molecule has 3 aromatic rings. The topological polar surface area (TPSA) is 629 Å². The molecule has 40 heteroatoms. The van der Waals surface area contributed by atoms with E-state index >= 15 is 33.6 Å². The molecule has 1 aromatic heterocycles. The van der Waals surface area contributed by atoms with Gasteiger partial charge in [0, 0.05) is 113 Å². The van der Waals surface area contributed by atoms with E-state index < -0.39 is 248 Å². The fourth-order valence-electron chi connectivity index (χ4n) is 13.2. The van der Waals surface area contributed by atoms with Gasteiger partial charge in [0.25, 0.3) is 0 Å². The number of carbonyl (C=O) groups is 16. The number of nitrogens with one attached hydrogen (secondary N) is 6. The van der Waals surface area contributed by atoms with Crippen LogP contribution in [0.1, 0.15) is 140 Å². The first kappa shape index (κ1) is 92.9. The number of ketones is 6. The molecule has 3 aliphatic rings. The highest BCUT2D eigenvalue weighted by Gasteiger charge is 2.43. The Labute approximate surface area is 667 Å². The van der Waals surface area contributed by atoms with Gasteiger partial charge in [-0.15, -0.1) is 5.10 Å². The molecule has 22 N–H and O–H groups in total. The molecule has 3 aliphatic heterocycles. The molecule has 37 nitrogen and oxygen atoms in total. The van der Waals surface area contributed by atoms with Gasteiger partial charge in [-0.25, -0.2) is 4.79 Å². The molecule has 0 radical (unpaired) electrons. The number of urea groups is 1. The SMILES string of the molecule is C.C[C@@H](O)[C@@H]1NC(=O)[C@H]2CC(=O)[C@@H](NC(=O)CN)Cc3cn(nn3)CCC[C@H](NC(=O)[C@H](CCCN=C(N)N)CC(=O)[C@@H]3CCCN3C(=O)[C@H](CC(=O)O)CC1=O)C(=O)C[C@@H](CCCNC(N)=O)C(=O)N[C@@H](Cc1ccc(O)c(I)c1)C(=O)C[C@@H](CCC(N)=O)C(=O)N[C@H](C(=O)C[C@@H](Cc1ccc(O)cc1)C(N)=O)CSS2. The number of carboxylic acids is 1. The van der Waals surface area contributed by atoms with E-state index in [1.165, 1.54) is 53.3 Å². The number of phenols is 2. The van der Waals surface area contributed by atoms with Crippen molar-refractivity contribution in [1.82, 2.24) is 51.8 Å². The van der Waals surface area contributed by atoms with E-state index in [2.05, 4.69) is 47.2 Å². The Balaban J connectivity index is 0.0000224. The molecule has 112 heavy (non-hydrogen) atoms. The number of aliphatic hydroxyl groups excluding tert-OH is 1. The second-order valence-corrected chi connectivity index (χ2v) is 31.6. The van der Waals surface area contributed by atoms with Gasteiger partial charge in [-0.3, -0.25) is 81.6 Å². The quantitative estimate of drug-likeness (QED) is 0.0165. The monoisotopic (exact) mass is 1720 g/mol. The number of aliphatic carboxylic acids is 1. The standard InChI is InChI=1S/C71H98IN17O20S2.CH4/c1-36(90)63-58(98)29-43(30-62(101)102)69(108)89-21-5-9-51(89)57(97)27-40(6-2-18-79-70(76)77)65(104)82-47-8-4-20-88-34-44(86-87-88)31-49(81-61(100)33-73)56(96)32-59(68(107)85-63)111-110-35-50(55(95)28-42(64(75)103)22-37-10-14-45(91)15-11-37)84-67(106)41(13-17-60(74)99)26-54(94)48(24-38-12-16-52(92)46(72)23-38)83-66(105)39(25-53(47)93)7-3-19-80-71(78)109;/h10-12,14-16,23,34,36,39-43,47-51,59,63,90-92H,2-9,13,17-22,24-33,35,73H2,1H3,(H2,74,99)(H2,75,103)(H,81,100)(H,82,104)(H,83,105)(H,84,106)(H,85,107)(H,101,102)(H4,76,77,79)(H3,78,80,109);1H4/t36-,39-,40-,41-,42-,43+,47+,48+,49+,50+,51+,59-,63+;/m1./s1. The number of aliphatic imine (C=N–C) groups is 1. The highest BCUT2D eigenvalue weighted by Crippen LogP contribution is 2.34. The summed E-state index contributed by atoms with van der Waals surface area (Å²) in [6, 6.07) is -0.760. The number of halogens is 1. The van der Waals surface area contributed by atoms with Crippen LogP contribution >= 0.6 is 44.2 Å². The maximum atomic E-state index is 15.4. The second-order valence-electron chi connectivity index (χ2n) is 27.9. The Morgan fingerprint density at radius 3 is 2.00 bits per heavy atom. The number of primary amides is 3. The van der Waals surface area contributed by atoms with Gasteiger partial charge in [-0.2, -0.15) is 0 Å². The summed E-state index contributed by atoms with van der Waals surface area (Å²) in [5, 5.41) is 64.5. The van der Waals surface area contributed by atoms with E-state index in [0.717, 1.165) is 11.8 Å². The lowest BCUT2D eigenvalue weighted by molar-refractivity contribution is -0.148. The molecule has 0 aliphatic carbocycles. The first-order chi connectivity index (χ1) is 52.6. The minimum Gasteiger partial charge on any atom is -0.508 e. The average molecular weight is 1720 g/mol. The number of hydrogen-bond acceptors (Lipinski definition) is 25. The van der Waals surface area contributed by atoms with Crippen LogP contribution in [-0.2, 0) is 97.7 Å². The molecule has 4 heterocycles. The van der Waals surface area contributed by atoms with Crippen molar-refractivity contribution in [3.63, 3.8) is 0 Å². The Kier molecular flexibility index (Phi) is 37.9. The fraction of sp³-hybridized carbons (Fsp3) is 0.569. The molecule has 1 fully saturated rings. The number of rotatable bonds is 24. The predicted octanol–water partition coefficient (Wildman–Crippen LogP) is -1.17. The number of benzene rings is 2. The van der Waals surface area contributed by atoms with Crippen LogP contribution in [0.2, 0.25) is 0 Å². The number of carboxylic acid groups (broad SMARTS) is 1. The number of amides is 10. The van der Waals surface area contributed by atoms with E-state index in [1.807, 2.05) is 22.6 Å². The van der Waals surface area contributed by atoms with E-state index in [-0.39, 0.29) is 121 Å². The lowest BCUT2D eigenvalue weighted by atomic mass is 9.88. The third-order valence-corrected chi connectivity index (χ3v) is 22.8. The molecule has 2 aromatic carbocycles. The maximum Gasteiger partial charge on any atom is 0.312 e. The highest BCUT2D eigenvalue weighted by atomic mass is 127. The fourth-order valence-corrected chi connectivity index (χ4v) is 16.4. The van der Waals surface area contributed by atoms with Crippen molar-refractivity contribution in [2.75, 3.05) is 31.9 Å². The highest BCUT2D eigenvalue weighted by molar-refractivity contribution is 14.1. The summed E-state index contributed by atoms with van der Waals surface area (Å²) in [5.41, 5.74) is 34.8. The van der Waals surface area contributed by atoms with Crippen LogP contribution in [0, 0.1) is 33.2 Å². The lowest BCUT2D eigenvalue weighted by Crippen LogP contribution is -2.52. The van der Waals surface area contributed by atoms with Gasteiger partial charge in [-0.1, -0.05) is 52.4 Å². The van der Waals surface area contributed by atoms with Crippen molar-refractivity contribution in [3.8, 4) is 11.5 Å². The zero-order valence-electron chi connectivity index (χ0n) is 61.2. The summed E-state index contributed by atoms with van der Waals surface area (Å²) in [7, 11) is 1.26. The van der Waals surface area contributed by atoms with Crippen LogP contribution in [0.4, 0.5) is 4.79 Å². The van der Waals surface area contributed by atoms with Gasteiger partial charge in [0.1, 0.15) is 22.8 Å². The Morgan fingerprint density at radius 2 is 1.36 bits per heavy atom. The normalized spacial score (nSPS) is 24.0. The summed E-state index contributed by atoms with van der Waals surface area (Å²) < 4.78 is 1.63. The van der Waals surface area contributed by atoms with Gasteiger partial charge in [-0.05, 0) is 136 Å². The van der Waals surface area contributed by atoms with Crippen molar-refractivity contribution in [2.45, 2.75) is 197 Å². The summed E-state index contributed by atoms with van der Waals surface area (Å²) in [5.74, 6) is -23.1. The van der Waals surface area contributed by atoms with Gasteiger partial charge in [0.05, 0.1) is 64.5 Å². The van der Waals surface area contributed by atoms with Crippen LogP contribution < -0.4 is 66.3 Å². The van der Waals surface area contributed by atoms with Crippen LogP contribution in [0.3, 0.4) is 0 Å². The number of Topliss-reactive ketones (excluding diaryl/α,β-unsaturated/α-hetero) is 6. The Morgan fingerprint density at radius 1 is 0.723 bits per heavy atom. The molecule has 1 saturated heterocycles. The number of fused-ring (bicyclic) bond motifs is 8. The Bertz CT molecular complexity index is 3920. The minimum atomic E-state index is -1.97. The molecular formula is C72H102IN17O20S2. The first-order valence-corrected chi connectivity index (χ1v) is 39.7. The molecule has 13 atom stereocenters. The number of aromatic nitrogens is 3. The largest absolute Gasteiger partial charge is 0.508 e. The number of hydrogen-bond donors (Lipinski definition) is 16. The average Bonchev–Trinajstić information content (AvgIpc) is 1.60. The molecule has 614 valence electrons. The lowest BCUT2D eigenvalue weighted by Gasteiger charge is -2.30. The van der Waals surface area contributed by atoms with E-state index in [1.54, 1.807) is 0 Å². The van der Waals surface area contributed by atoms with Crippen molar-refractivity contribution in [3.05, 3.63) is 69.1 Å². The molecule has 4 bridgehead atoms. The van der Waals surface area contributed by atoms with Crippen LogP contribution in [0.5, 0.6) is 11.5 Å². The number of carbonyl (C=O) groups excluding carboxylic acids is 15. The number of phenolic OH excluding ortho intramolecular Hbond substituents is 2. The number of aliphatic hydroxyl groups is 1. The minimum absolute atomic E-state index is 0. The number of nitrogens with zero attached hydrogens (tertiary/aromatic N) is 5. The van der Waals surface area contributed by atoms with Gasteiger partial charge in [0.2, 0.25) is 47.3 Å². The van der Waals surface area contributed by atoms with Gasteiger partial charge in [0.15, 0.2) is 40.7 Å². The number of aromatic hydroxyl groups is 2. The van der Waals surface area contributed by atoms with Crippen LogP contribution in [0.15, 0.2) is 53.7 Å². The Hall–Kier alpha value is -9.68. The second kappa shape index (κ2) is 45.7. The summed E-state index contributed by atoms with van der Waals surface area (Å²) in [6.07, 6.45) is -8.35. The number of guanidine groups is 1. The van der Waals surface area contributed by atoms with Crippen molar-refractivity contribution in [2.24, 2.45) is 69.0 Å². The van der Waals surface area contributed by atoms with Crippen LogP contribution in [0.25, 0.3) is 0 Å². The van der Waals surface area contributed by atoms with Gasteiger partial charge < -0.3 is 91.6 Å². The number of aryl methyl sites for hydroxylation is 1. The molecule has 6 rings (SSSR count). The zero-order chi connectivity index (χ0) is 81.8. The summed E-state index contributed by atoms with van der Waals surface area (Å²) >= 11 is 1.84. The van der Waals surface area contributed by atoms with Gasteiger partial charge >= 0.3 is 12.0 Å². The molecular weight excluding hydrogens is 1610 g/mol. The first-order valence-electron chi connectivity index (χ1n) is 36.3. The van der Waals surface area contributed by atoms with E-state index in [4.69, 9.17) is 34.4 Å². The third kappa shape index (κ3) is 30.1. The van der Waals surface area contributed by atoms with Crippen molar-refractivity contribution >= 4 is 144 Å². The summed E-state index contributed by atoms with van der Waals surface area (Å²) in [6.45, 7) is 0.0598. The number of nitrogens with two attached hydrogens (primary N) is 6. The molecule has 0 saturated carbocycles. The maximum absolute atomic E-state index is 15.4. The molecule has 10 amide bonds. The van der Waals surface area contributed by atoms with Crippen molar-refractivity contribution in [1.29, 1.82) is 0 Å². The van der Waals surface area contributed by atoms with Crippen molar-refractivity contribution < 1.29 is 97.1 Å². The zero-order valence-corrected chi connectivity index (χ0v) is 65.0. The van der Waals surface area contributed by atoms with Crippen LogP contribution in [-0.4, -0.2) is 220 Å². The summed E-state index contributed by atoms with van der Waals surface area (Å²) in [4.78, 5) is 235. The molecule has 0 unspecified atom stereocenters. The third-order valence-electron chi connectivity index (χ3n) is 19.2. The van der Waals surface area contributed by atoms with E-state index in [9.17, 15) is 63.6 Å². The smallest absolute Gasteiger partial charge is 0.312 e. The predicted molar refractivity (Wildman–Crippen MR) is 417 cm³/mol. The van der Waals surface area contributed by atoms with E-state index in [0.29, 0.717) is 36.3 Å². The molecule has 0 spiro atoms.